The van der Waals surface area contributed by atoms with E-state index in [1.54, 1.807) is 11.1 Å². The largest absolute Gasteiger partial charge is 0.268 e. The van der Waals surface area contributed by atoms with Gasteiger partial charge in [-0.05, 0) is 56.2 Å². The van der Waals surface area contributed by atoms with Crippen LogP contribution in [0, 0.1) is 20.8 Å². The fourth-order valence-corrected chi connectivity index (χ4v) is 4.06. The predicted octanol–water partition coefficient (Wildman–Crippen LogP) is 5.90. The smallest absolute Gasteiger partial charge is 0.264 e. The van der Waals surface area contributed by atoms with Crippen molar-refractivity contribution < 1.29 is 4.79 Å². The van der Waals surface area contributed by atoms with Gasteiger partial charge in [0.2, 0.25) is 0 Å². The Morgan fingerprint density at radius 2 is 1.57 bits per heavy atom. The molecule has 146 valence electrons. The van der Waals surface area contributed by atoms with Crippen LogP contribution in [0.3, 0.4) is 0 Å². The van der Waals surface area contributed by atoms with E-state index in [0.29, 0.717) is 11.4 Å². The highest BCUT2D eigenvalue weighted by Gasteiger charge is 2.36. The minimum atomic E-state index is -0.0758. The second-order valence-electron chi connectivity index (χ2n) is 7.72. The Hall–Kier alpha value is -3.79. The Morgan fingerprint density at radius 1 is 0.833 bits per heavy atom. The third kappa shape index (κ3) is 2.80. The molecule has 0 atom stereocenters. The lowest BCUT2D eigenvalue weighted by Gasteiger charge is -2.19. The molecule has 3 aromatic carbocycles. The zero-order chi connectivity index (χ0) is 20.8. The number of rotatable bonds is 2. The van der Waals surface area contributed by atoms with Crippen LogP contribution in [0.4, 0.5) is 11.4 Å². The Morgan fingerprint density at radius 3 is 2.37 bits per heavy atom. The summed E-state index contributed by atoms with van der Waals surface area (Å²) in [6.45, 7) is 6.12. The second-order valence-corrected chi connectivity index (χ2v) is 7.72. The van der Waals surface area contributed by atoms with Gasteiger partial charge >= 0.3 is 0 Å². The SMILES string of the molecule is Cc1ccc2c(c1)C(=Nc1c(C)cccc1C)N(c1cccc3cccnc13)C2=O. The highest BCUT2D eigenvalue weighted by Crippen LogP contribution is 2.35. The monoisotopic (exact) mass is 391 g/mol. The van der Waals surface area contributed by atoms with Crippen molar-refractivity contribution in [2.75, 3.05) is 4.90 Å². The number of benzene rings is 3. The van der Waals surface area contributed by atoms with Crippen molar-refractivity contribution in [2.24, 2.45) is 4.99 Å². The van der Waals surface area contributed by atoms with Gasteiger partial charge in [0.05, 0.1) is 22.5 Å². The van der Waals surface area contributed by atoms with E-state index in [2.05, 4.69) is 4.98 Å². The van der Waals surface area contributed by atoms with Crippen LogP contribution in [-0.2, 0) is 0 Å². The molecule has 0 radical (unpaired) electrons. The molecule has 4 aromatic rings. The molecule has 0 spiro atoms. The van der Waals surface area contributed by atoms with Gasteiger partial charge in [-0.25, -0.2) is 4.99 Å². The van der Waals surface area contributed by atoms with Crippen LogP contribution in [0.15, 0.2) is 77.9 Å². The molecular formula is C26H21N3O. The molecule has 1 aliphatic heterocycles. The molecule has 4 nitrogen and oxygen atoms in total. The van der Waals surface area contributed by atoms with Crippen LogP contribution < -0.4 is 4.90 Å². The number of hydrogen-bond acceptors (Lipinski definition) is 3. The van der Waals surface area contributed by atoms with Crippen LogP contribution in [-0.4, -0.2) is 16.7 Å². The van der Waals surface area contributed by atoms with Crippen molar-refractivity contribution >= 4 is 34.0 Å². The number of amides is 1. The van der Waals surface area contributed by atoms with Gasteiger partial charge in [-0.2, -0.15) is 0 Å². The summed E-state index contributed by atoms with van der Waals surface area (Å²) >= 11 is 0. The van der Waals surface area contributed by atoms with Crippen LogP contribution >= 0.6 is 0 Å². The van der Waals surface area contributed by atoms with Gasteiger partial charge in [0.15, 0.2) is 0 Å². The van der Waals surface area contributed by atoms with Gasteiger partial charge in [-0.3, -0.25) is 14.7 Å². The molecular weight excluding hydrogens is 370 g/mol. The molecule has 0 unspecified atom stereocenters. The van der Waals surface area contributed by atoms with Crippen molar-refractivity contribution in [1.82, 2.24) is 4.98 Å². The molecule has 5 rings (SSSR count). The lowest BCUT2D eigenvalue weighted by molar-refractivity contribution is 0.101. The zero-order valence-electron chi connectivity index (χ0n) is 17.2. The molecule has 0 fully saturated rings. The number of nitrogens with zero attached hydrogens (tertiary/aromatic N) is 3. The number of aliphatic imine (C=N–C) groups is 1. The van der Waals surface area contributed by atoms with E-state index >= 15 is 0 Å². The van der Waals surface area contributed by atoms with Crippen LogP contribution in [0.25, 0.3) is 10.9 Å². The molecule has 30 heavy (non-hydrogen) atoms. The number of aromatic nitrogens is 1. The van der Waals surface area contributed by atoms with Gasteiger partial charge in [0, 0.05) is 17.1 Å². The normalized spacial score (nSPS) is 14.6. The minimum Gasteiger partial charge on any atom is -0.268 e. The third-order valence-corrected chi connectivity index (χ3v) is 5.57. The quantitative estimate of drug-likeness (QED) is 0.427. The molecule has 0 N–H and O–H groups in total. The maximum Gasteiger partial charge on any atom is 0.264 e. The van der Waals surface area contributed by atoms with Crippen LogP contribution in [0.2, 0.25) is 0 Å². The Balaban J connectivity index is 1.81. The second kappa shape index (κ2) is 6.92. The first-order valence-electron chi connectivity index (χ1n) is 9.99. The molecule has 0 saturated carbocycles. The van der Waals surface area contributed by atoms with Gasteiger partial charge in [0.1, 0.15) is 5.84 Å². The van der Waals surface area contributed by atoms with E-state index in [0.717, 1.165) is 44.5 Å². The number of carbonyl (C=O) groups excluding carboxylic acids is 1. The number of para-hydroxylation sites is 2. The molecule has 0 aliphatic carbocycles. The highest BCUT2D eigenvalue weighted by molar-refractivity contribution is 6.37. The van der Waals surface area contributed by atoms with Gasteiger partial charge in [-0.15, -0.1) is 0 Å². The average Bonchev–Trinajstić information content (AvgIpc) is 3.01. The minimum absolute atomic E-state index is 0.0758. The van der Waals surface area contributed by atoms with Crippen LogP contribution in [0.5, 0.6) is 0 Å². The topological polar surface area (TPSA) is 45.6 Å². The van der Waals surface area contributed by atoms with Crippen LogP contribution in [0.1, 0.15) is 32.6 Å². The summed E-state index contributed by atoms with van der Waals surface area (Å²) in [5.74, 6) is 0.572. The number of amidine groups is 1. The van der Waals surface area contributed by atoms with Gasteiger partial charge in [0.25, 0.3) is 5.91 Å². The van der Waals surface area contributed by atoms with E-state index in [1.807, 2.05) is 87.5 Å². The summed E-state index contributed by atoms with van der Waals surface area (Å²) in [4.78, 5) is 24.9. The number of carbonyl (C=O) groups is 1. The Kier molecular flexibility index (Phi) is 4.21. The first kappa shape index (κ1) is 18.3. The predicted molar refractivity (Wildman–Crippen MR) is 122 cm³/mol. The Labute approximate surface area is 175 Å². The summed E-state index contributed by atoms with van der Waals surface area (Å²) in [6.07, 6.45) is 1.76. The van der Waals surface area contributed by atoms with E-state index in [-0.39, 0.29) is 5.91 Å². The van der Waals surface area contributed by atoms with Crippen molar-refractivity contribution in [3.05, 3.63) is 101 Å². The van der Waals surface area contributed by atoms with E-state index in [4.69, 9.17) is 4.99 Å². The fraction of sp³-hybridized carbons (Fsp3) is 0.115. The van der Waals surface area contributed by atoms with Crippen molar-refractivity contribution in [3.8, 4) is 0 Å². The van der Waals surface area contributed by atoms with Crippen molar-refractivity contribution in [1.29, 1.82) is 0 Å². The molecule has 1 amide bonds. The summed E-state index contributed by atoms with van der Waals surface area (Å²) in [5, 5.41) is 0.987. The number of hydrogen-bond donors (Lipinski definition) is 0. The summed E-state index contributed by atoms with van der Waals surface area (Å²) in [5.41, 5.74) is 7.19. The molecule has 1 aromatic heterocycles. The lowest BCUT2D eigenvalue weighted by atomic mass is 10.1. The standard InChI is InChI=1S/C26H21N3O/c1-16-12-13-20-21(15-16)25(28-23-17(2)7-4-8-18(23)3)29(26(20)30)22-11-5-9-19-10-6-14-27-24(19)22/h4-15H,1-3H3. The first-order chi connectivity index (χ1) is 14.5. The van der Waals surface area contributed by atoms with E-state index in [9.17, 15) is 4.79 Å². The van der Waals surface area contributed by atoms with Gasteiger partial charge in [-0.1, -0.05) is 48.0 Å². The highest BCUT2D eigenvalue weighted by atomic mass is 16.2. The summed E-state index contributed by atoms with van der Waals surface area (Å²) in [7, 11) is 0. The number of fused-ring (bicyclic) bond motifs is 2. The fourth-order valence-electron chi connectivity index (χ4n) is 4.06. The van der Waals surface area contributed by atoms with E-state index in [1.165, 1.54) is 0 Å². The zero-order valence-corrected chi connectivity index (χ0v) is 17.2. The lowest BCUT2D eigenvalue weighted by Crippen LogP contribution is -2.30. The maximum atomic E-state index is 13.5. The van der Waals surface area contributed by atoms with Crippen molar-refractivity contribution in [3.63, 3.8) is 0 Å². The molecule has 0 bridgehead atoms. The number of pyridine rings is 1. The first-order valence-corrected chi connectivity index (χ1v) is 9.99. The molecule has 0 saturated heterocycles. The average molecular weight is 391 g/mol. The third-order valence-electron chi connectivity index (χ3n) is 5.57. The van der Waals surface area contributed by atoms with E-state index < -0.39 is 0 Å². The molecule has 1 aliphatic rings. The molecule has 2 heterocycles. The number of aryl methyl sites for hydroxylation is 3. The summed E-state index contributed by atoms with van der Waals surface area (Å²) < 4.78 is 0. The molecule has 4 heteroatoms. The van der Waals surface area contributed by atoms with Gasteiger partial charge < -0.3 is 0 Å². The Bertz CT molecular complexity index is 1330. The number of anilines is 1. The summed E-state index contributed by atoms with van der Waals surface area (Å²) in [6, 6.07) is 21.8. The maximum absolute atomic E-state index is 13.5. The van der Waals surface area contributed by atoms with Crippen molar-refractivity contribution in [2.45, 2.75) is 20.8 Å².